The fourth-order valence-electron chi connectivity index (χ4n) is 4.80. The first-order valence-electron chi connectivity index (χ1n) is 13.9. The van der Waals surface area contributed by atoms with E-state index in [9.17, 15) is 14.9 Å². The first-order valence-corrected chi connectivity index (χ1v) is 15.5. The van der Waals surface area contributed by atoms with Gasteiger partial charge >= 0.3 is 0 Å². The Kier molecular flexibility index (Phi) is 8.86. The fourth-order valence-corrected chi connectivity index (χ4v) is 5.73. The van der Waals surface area contributed by atoms with Crippen LogP contribution in [0, 0.1) is 10.1 Å². The maximum atomic E-state index is 13.8. The van der Waals surface area contributed by atoms with Crippen LogP contribution >= 0.6 is 31.9 Å². The highest BCUT2D eigenvalue weighted by atomic mass is 79.9. The van der Waals surface area contributed by atoms with E-state index in [4.69, 9.17) is 23.6 Å². The molecule has 0 bridgehead atoms. The van der Waals surface area contributed by atoms with E-state index in [0.29, 0.717) is 60.6 Å². The van der Waals surface area contributed by atoms with Crippen LogP contribution in [0.25, 0.3) is 33.5 Å². The van der Waals surface area contributed by atoms with Crippen molar-refractivity contribution in [2.75, 3.05) is 13.7 Å². The Morgan fingerprint density at radius 3 is 2.50 bits per heavy atom. The molecule has 0 amide bonds. The van der Waals surface area contributed by atoms with Crippen molar-refractivity contribution in [1.82, 2.24) is 9.66 Å². The molecule has 13 heteroatoms. The normalized spacial score (nSPS) is 11.4. The third kappa shape index (κ3) is 5.98. The Labute approximate surface area is 278 Å². The highest BCUT2D eigenvalue weighted by molar-refractivity contribution is 9.13. The van der Waals surface area contributed by atoms with Gasteiger partial charge in [0.25, 0.3) is 11.2 Å². The maximum absolute atomic E-state index is 13.8. The van der Waals surface area contributed by atoms with Gasteiger partial charge in [0.15, 0.2) is 17.3 Å². The Balaban J connectivity index is 1.41. The van der Waals surface area contributed by atoms with Crippen molar-refractivity contribution in [3.8, 4) is 28.8 Å². The van der Waals surface area contributed by atoms with Crippen molar-refractivity contribution in [1.29, 1.82) is 0 Å². The molecule has 0 atom stereocenters. The summed E-state index contributed by atoms with van der Waals surface area (Å²) < 4.78 is 26.0. The summed E-state index contributed by atoms with van der Waals surface area (Å²) >= 11 is 7.22. The molecule has 6 aromatic rings. The van der Waals surface area contributed by atoms with E-state index in [1.807, 2.05) is 31.2 Å². The Morgan fingerprint density at radius 2 is 1.76 bits per heavy atom. The minimum atomic E-state index is -0.454. The third-order valence-electron chi connectivity index (χ3n) is 7.01. The molecule has 0 saturated heterocycles. The van der Waals surface area contributed by atoms with Crippen molar-refractivity contribution in [2.45, 2.75) is 13.5 Å². The molecule has 0 spiro atoms. The quantitative estimate of drug-likeness (QED) is 0.0781. The van der Waals surface area contributed by atoms with E-state index in [1.165, 1.54) is 23.0 Å². The molecule has 2 aromatic heterocycles. The lowest BCUT2D eigenvalue weighted by Gasteiger charge is -2.16. The summed E-state index contributed by atoms with van der Waals surface area (Å²) in [7, 11) is 1.58. The van der Waals surface area contributed by atoms with Gasteiger partial charge in [-0.25, -0.2) is 4.98 Å². The molecular formula is C33H24Br2N4O7. The number of furan rings is 1. The molecule has 0 aliphatic carbocycles. The molecular weight excluding hydrogens is 724 g/mol. The molecule has 6 rings (SSSR count). The van der Waals surface area contributed by atoms with Gasteiger partial charge in [0, 0.05) is 22.2 Å². The van der Waals surface area contributed by atoms with Crippen molar-refractivity contribution < 1.29 is 23.6 Å². The molecule has 0 aliphatic heterocycles. The average Bonchev–Trinajstić information content (AvgIpc) is 3.51. The van der Waals surface area contributed by atoms with E-state index >= 15 is 0 Å². The number of rotatable bonds is 10. The predicted octanol–water partition coefficient (Wildman–Crippen LogP) is 8.11. The summed E-state index contributed by atoms with van der Waals surface area (Å²) in [5, 5.41) is 16.7. The van der Waals surface area contributed by atoms with Crippen LogP contribution in [0.4, 0.5) is 5.69 Å². The van der Waals surface area contributed by atoms with E-state index < -0.39 is 4.92 Å². The zero-order valence-electron chi connectivity index (χ0n) is 24.4. The van der Waals surface area contributed by atoms with E-state index in [1.54, 1.807) is 49.6 Å². The number of nitrogens with zero attached hydrogens (tertiary/aromatic N) is 4. The summed E-state index contributed by atoms with van der Waals surface area (Å²) in [6.07, 6.45) is 1.52. The topological polar surface area (TPSA) is 131 Å². The largest absolute Gasteiger partial charge is 0.496 e. The zero-order valence-corrected chi connectivity index (χ0v) is 27.6. The second-order valence-corrected chi connectivity index (χ2v) is 11.4. The number of non-ortho nitro benzene ring substituents is 1. The number of nitro groups is 1. The van der Waals surface area contributed by atoms with E-state index in [2.05, 4.69) is 37.0 Å². The van der Waals surface area contributed by atoms with Crippen molar-refractivity contribution in [3.05, 3.63) is 119 Å². The molecule has 0 aliphatic rings. The number of aromatic nitrogens is 2. The average molecular weight is 748 g/mol. The molecule has 11 nitrogen and oxygen atoms in total. The van der Waals surface area contributed by atoms with Gasteiger partial charge in [-0.15, -0.1) is 0 Å². The standard InChI is InChI=1S/C33H24Br2N4O7/c1-3-44-27-15-20(29(34)30(35)31(27)45-18-19-11-13-21(14-12-19)39(41)42)17-36-38-32(37-24-8-5-4-7-22(24)33(38)40)28-16-23-25(43-2)9-6-10-26(23)46-28/h4-17H,3,18H2,1-2H3. The number of fused-ring (bicyclic) bond motifs is 2. The van der Waals surface area contributed by atoms with Gasteiger partial charge < -0.3 is 18.6 Å². The van der Waals surface area contributed by atoms with Crippen molar-refractivity contribution in [2.24, 2.45) is 5.10 Å². The van der Waals surface area contributed by atoms with Gasteiger partial charge in [0.05, 0.1) is 45.6 Å². The van der Waals surface area contributed by atoms with Crippen molar-refractivity contribution in [3.63, 3.8) is 0 Å². The number of para-hydroxylation sites is 1. The second kappa shape index (κ2) is 13.2. The summed E-state index contributed by atoms with van der Waals surface area (Å²) in [5.74, 6) is 2.02. The monoisotopic (exact) mass is 746 g/mol. The highest BCUT2D eigenvalue weighted by Gasteiger charge is 2.20. The first-order chi connectivity index (χ1) is 22.3. The zero-order chi connectivity index (χ0) is 32.4. The minimum absolute atomic E-state index is 0.00440. The van der Waals surface area contributed by atoms with Gasteiger partial charge in [-0.05, 0) is 92.9 Å². The SMILES string of the molecule is CCOc1cc(C=Nn2c(-c3cc4c(OC)cccc4o3)nc3ccccc3c2=O)c(Br)c(Br)c1OCc1ccc([N+](=O)[O-])cc1. The molecule has 232 valence electrons. The van der Waals surface area contributed by atoms with Crippen LogP contribution in [0.1, 0.15) is 18.1 Å². The molecule has 4 aromatic carbocycles. The number of hydrogen-bond donors (Lipinski definition) is 0. The van der Waals surface area contributed by atoms with E-state index in [0.717, 1.165) is 10.9 Å². The third-order valence-corrected chi connectivity index (χ3v) is 9.16. The molecule has 2 heterocycles. The Bertz CT molecular complexity index is 2190. The lowest BCUT2D eigenvalue weighted by molar-refractivity contribution is -0.384. The summed E-state index contributed by atoms with van der Waals surface area (Å²) in [6.45, 7) is 2.34. The van der Waals surface area contributed by atoms with Crippen LogP contribution in [0.2, 0.25) is 0 Å². The van der Waals surface area contributed by atoms with Crippen molar-refractivity contribution >= 4 is 65.6 Å². The number of nitro benzene ring substituents is 1. The number of halogens is 2. The highest BCUT2D eigenvalue weighted by Crippen LogP contribution is 2.43. The van der Waals surface area contributed by atoms with Gasteiger partial charge in [-0.3, -0.25) is 14.9 Å². The lowest BCUT2D eigenvalue weighted by atomic mass is 10.2. The molecule has 0 radical (unpaired) electrons. The van der Waals surface area contributed by atoms with Crippen LogP contribution in [-0.4, -0.2) is 34.5 Å². The van der Waals surface area contributed by atoms with Gasteiger partial charge in [0.1, 0.15) is 17.9 Å². The van der Waals surface area contributed by atoms with Crippen LogP contribution in [0.15, 0.2) is 102 Å². The second-order valence-electron chi connectivity index (χ2n) is 9.86. The minimum Gasteiger partial charge on any atom is -0.496 e. The summed E-state index contributed by atoms with van der Waals surface area (Å²) in [6, 6.07) is 22.1. The van der Waals surface area contributed by atoms with Gasteiger partial charge in [-0.1, -0.05) is 18.2 Å². The Hall–Kier alpha value is -5.01. The lowest BCUT2D eigenvalue weighted by Crippen LogP contribution is -2.20. The summed E-state index contributed by atoms with van der Waals surface area (Å²) in [5.41, 5.74) is 2.00. The molecule has 0 saturated carbocycles. The molecule has 0 fully saturated rings. The van der Waals surface area contributed by atoms with Crippen LogP contribution in [0.5, 0.6) is 17.2 Å². The number of methoxy groups -OCH3 is 1. The van der Waals surface area contributed by atoms with Crippen LogP contribution < -0.4 is 19.8 Å². The first kappa shape index (κ1) is 31.0. The van der Waals surface area contributed by atoms with Crippen LogP contribution in [0.3, 0.4) is 0 Å². The Morgan fingerprint density at radius 1 is 0.978 bits per heavy atom. The smallest absolute Gasteiger partial charge is 0.282 e. The predicted molar refractivity (Wildman–Crippen MR) is 181 cm³/mol. The van der Waals surface area contributed by atoms with E-state index in [-0.39, 0.29) is 23.7 Å². The molecule has 46 heavy (non-hydrogen) atoms. The fraction of sp³-hybridized carbons (Fsp3) is 0.121. The number of benzene rings is 4. The number of ether oxygens (including phenoxy) is 3. The van der Waals surface area contributed by atoms with Crippen LogP contribution in [-0.2, 0) is 6.61 Å². The van der Waals surface area contributed by atoms with Gasteiger partial charge in [-0.2, -0.15) is 9.78 Å². The molecule has 0 unspecified atom stereocenters. The summed E-state index contributed by atoms with van der Waals surface area (Å²) in [4.78, 5) is 29.1. The van der Waals surface area contributed by atoms with Gasteiger partial charge in [0.2, 0.25) is 5.82 Å². The molecule has 0 N–H and O–H groups in total. The maximum Gasteiger partial charge on any atom is 0.282 e. The number of hydrogen-bond acceptors (Lipinski definition) is 9.